The van der Waals surface area contributed by atoms with Crippen LogP contribution in [0, 0.1) is 11.3 Å². The molecule has 0 atom stereocenters. The molecule has 1 amide bonds. The van der Waals surface area contributed by atoms with Crippen LogP contribution in [0.15, 0.2) is 24.7 Å². The van der Waals surface area contributed by atoms with Gasteiger partial charge in [-0.05, 0) is 18.9 Å². The summed E-state index contributed by atoms with van der Waals surface area (Å²) in [6.07, 6.45) is -1.15. The van der Waals surface area contributed by atoms with Crippen LogP contribution in [0.1, 0.15) is 34.6 Å². The molecule has 1 aliphatic carbocycles. The van der Waals surface area contributed by atoms with E-state index in [1.54, 1.807) is 6.07 Å². The second-order valence-corrected chi connectivity index (χ2v) is 7.73. The van der Waals surface area contributed by atoms with E-state index in [1.807, 2.05) is 0 Å². The van der Waals surface area contributed by atoms with Gasteiger partial charge in [-0.1, -0.05) is 0 Å². The third-order valence-corrected chi connectivity index (χ3v) is 5.12. The molecule has 0 spiro atoms. The average molecular weight is 517 g/mol. The van der Waals surface area contributed by atoms with Gasteiger partial charge in [-0.2, -0.15) is 46.2 Å². The fourth-order valence-corrected chi connectivity index (χ4v) is 3.25. The second-order valence-electron chi connectivity index (χ2n) is 7.73. The van der Waals surface area contributed by atoms with Crippen molar-refractivity contribution in [3.8, 4) is 28.8 Å². The summed E-state index contributed by atoms with van der Waals surface area (Å²) >= 11 is 0. The Morgan fingerprint density at radius 2 is 1.92 bits per heavy atom. The van der Waals surface area contributed by atoms with Gasteiger partial charge in [0.25, 0.3) is 5.91 Å². The first-order valence-corrected chi connectivity index (χ1v) is 10.1. The Kier molecular flexibility index (Phi) is 6.10. The van der Waals surface area contributed by atoms with Gasteiger partial charge in [0.15, 0.2) is 23.0 Å². The van der Waals surface area contributed by atoms with Crippen molar-refractivity contribution in [3.63, 3.8) is 0 Å². The van der Waals surface area contributed by atoms with Crippen LogP contribution in [0.4, 0.5) is 30.7 Å². The fraction of sp³-hybridized carbons (Fsp3) is 0.350. The minimum absolute atomic E-state index is 0.0161. The Morgan fingerprint density at radius 1 is 1.22 bits per heavy atom. The molecule has 1 fully saturated rings. The van der Waals surface area contributed by atoms with E-state index < -0.39 is 41.9 Å². The monoisotopic (exact) mass is 517 g/mol. The number of hydrogen-bond donors (Lipinski definition) is 1. The Hall–Kier alpha value is -4.16. The highest BCUT2D eigenvalue weighted by atomic mass is 19.4. The Labute approximate surface area is 197 Å². The van der Waals surface area contributed by atoms with Gasteiger partial charge in [0.05, 0.1) is 11.8 Å². The number of nitrogens with zero attached hydrogens (tertiary/aromatic N) is 6. The molecule has 0 bridgehead atoms. The van der Waals surface area contributed by atoms with E-state index >= 15 is 0 Å². The number of aryl methyl sites for hydroxylation is 1. The Morgan fingerprint density at radius 3 is 2.50 bits per heavy atom. The lowest BCUT2D eigenvalue weighted by Gasteiger charge is -2.18. The lowest BCUT2D eigenvalue weighted by Crippen LogP contribution is -2.34. The minimum Gasteiger partial charge on any atom is -0.428 e. The van der Waals surface area contributed by atoms with Crippen LogP contribution in [0.3, 0.4) is 0 Å². The highest BCUT2D eigenvalue weighted by molar-refractivity contribution is 5.97. The van der Waals surface area contributed by atoms with E-state index in [1.165, 1.54) is 12.3 Å². The molecular weight excluding hydrogens is 503 g/mol. The summed E-state index contributed by atoms with van der Waals surface area (Å²) in [4.78, 5) is 16.4. The molecule has 16 heteroatoms. The molecule has 1 aliphatic rings. The quantitative estimate of drug-likeness (QED) is 0.479. The first kappa shape index (κ1) is 24.9. The second kappa shape index (κ2) is 8.81. The fourth-order valence-electron chi connectivity index (χ4n) is 3.25. The summed E-state index contributed by atoms with van der Waals surface area (Å²) in [5, 5.41) is 18.9. The van der Waals surface area contributed by atoms with Gasteiger partial charge >= 0.3 is 18.7 Å². The largest absolute Gasteiger partial charge is 0.459 e. The maximum absolute atomic E-state index is 14.0. The number of amides is 1. The predicted molar refractivity (Wildman–Crippen MR) is 105 cm³/mol. The van der Waals surface area contributed by atoms with Gasteiger partial charge in [0.2, 0.25) is 0 Å². The number of nitrogens with one attached hydrogen (secondary N) is 1. The molecule has 0 aliphatic heterocycles. The number of carbonyl (C=O) groups excluding carboxylic acids is 1. The van der Waals surface area contributed by atoms with Gasteiger partial charge in [-0.25, -0.2) is 14.3 Å². The van der Waals surface area contributed by atoms with Crippen LogP contribution in [-0.4, -0.2) is 49.3 Å². The van der Waals surface area contributed by atoms with Crippen LogP contribution in [-0.2, 0) is 13.0 Å². The van der Waals surface area contributed by atoms with Gasteiger partial charge in [-0.3, -0.25) is 4.79 Å². The first-order valence-electron chi connectivity index (χ1n) is 10.1. The summed E-state index contributed by atoms with van der Waals surface area (Å²) in [7, 11) is 0.939. The lowest BCUT2D eigenvalue weighted by atomic mass is 10.1. The smallest absolute Gasteiger partial charge is 0.428 e. The molecule has 0 aromatic carbocycles. The SMILES string of the molecule is Cn1nc(C(F)(F)C(F)(F)F)c(OC(F)F)c1-n1cc(-c2cnc(C#N)c(C(=O)NC3CC3)c2)cn1. The third kappa shape index (κ3) is 4.55. The zero-order valence-electron chi connectivity index (χ0n) is 18.0. The number of aromatic nitrogens is 5. The summed E-state index contributed by atoms with van der Waals surface area (Å²) in [6.45, 7) is -3.75. The van der Waals surface area contributed by atoms with Crippen molar-refractivity contribution in [1.29, 1.82) is 5.26 Å². The molecule has 1 saturated carbocycles. The zero-order valence-corrected chi connectivity index (χ0v) is 18.0. The lowest BCUT2D eigenvalue weighted by molar-refractivity contribution is -0.291. The molecule has 1 N–H and O–H groups in total. The molecule has 3 aromatic heterocycles. The van der Waals surface area contributed by atoms with Crippen LogP contribution in [0.25, 0.3) is 16.9 Å². The van der Waals surface area contributed by atoms with Crippen LogP contribution in [0.2, 0.25) is 0 Å². The molecule has 9 nitrogen and oxygen atoms in total. The summed E-state index contributed by atoms with van der Waals surface area (Å²) in [5.41, 5.74) is -1.89. The molecule has 4 rings (SSSR count). The number of carbonyl (C=O) groups is 1. The summed E-state index contributed by atoms with van der Waals surface area (Å²) in [5.74, 6) is -8.42. The van der Waals surface area contributed by atoms with Gasteiger partial charge in [0.1, 0.15) is 6.07 Å². The number of halogens is 7. The van der Waals surface area contributed by atoms with E-state index in [2.05, 4.69) is 25.2 Å². The Balaban J connectivity index is 1.77. The summed E-state index contributed by atoms with van der Waals surface area (Å²) in [6, 6.07) is 3.08. The van der Waals surface area contributed by atoms with Crippen molar-refractivity contribution < 1.29 is 40.3 Å². The minimum atomic E-state index is -6.14. The molecule has 190 valence electrons. The van der Waals surface area contributed by atoms with Crippen molar-refractivity contribution in [1.82, 2.24) is 29.9 Å². The number of alkyl halides is 7. The van der Waals surface area contributed by atoms with E-state index in [9.17, 15) is 40.8 Å². The number of hydrogen-bond acceptors (Lipinski definition) is 6. The number of nitriles is 1. The van der Waals surface area contributed by atoms with Crippen LogP contribution >= 0.6 is 0 Å². The molecule has 3 aromatic rings. The highest BCUT2D eigenvalue weighted by Gasteiger charge is 2.62. The number of rotatable bonds is 7. The first-order chi connectivity index (χ1) is 16.8. The molecule has 0 unspecified atom stereocenters. The standard InChI is InChI=1S/C20H14F7N7O2/c1-33-17(14(36-18(21)22)15(32-33)19(23,24)20(25,26)27)34-8-10(7-30-34)9-4-12(13(5-28)29-6-9)16(35)31-11-2-3-11/h4,6-8,11,18H,2-3H2,1H3,(H,31,35). The van der Waals surface area contributed by atoms with E-state index in [4.69, 9.17) is 0 Å². The van der Waals surface area contributed by atoms with Crippen molar-refractivity contribution in [2.24, 2.45) is 7.05 Å². The van der Waals surface area contributed by atoms with E-state index in [-0.39, 0.29) is 28.4 Å². The van der Waals surface area contributed by atoms with Crippen molar-refractivity contribution in [3.05, 3.63) is 41.6 Å². The summed E-state index contributed by atoms with van der Waals surface area (Å²) < 4.78 is 97.9. The van der Waals surface area contributed by atoms with Gasteiger partial charge < -0.3 is 10.1 Å². The molecule has 0 radical (unpaired) electrons. The maximum Gasteiger partial charge on any atom is 0.459 e. The van der Waals surface area contributed by atoms with Crippen LogP contribution < -0.4 is 10.1 Å². The normalized spacial score (nSPS) is 14.1. The van der Waals surface area contributed by atoms with E-state index in [0.717, 1.165) is 32.3 Å². The van der Waals surface area contributed by atoms with E-state index in [0.29, 0.717) is 9.36 Å². The van der Waals surface area contributed by atoms with Crippen LogP contribution in [0.5, 0.6) is 5.75 Å². The highest BCUT2D eigenvalue weighted by Crippen LogP contribution is 2.48. The molecule has 36 heavy (non-hydrogen) atoms. The van der Waals surface area contributed by atoms with Gasteiger partial charge in [-0.15, -0.1) is 0 Å². The topological polar surface area (TPSA) is 111 Å². The van der Waals surface area contributed by atoms with Crippen molar-refractivity contribution >= 4 is 5.91 Å². The maximum atomic E-state index is 14.0. The van der Waals surface area contributed by atoms with Gasteiger partial charge in [0, 0.05) is 36.6 Å². The predicted octanol–water partition coefficient (Wildman–Crippen LogP) is 3.69. The number of pyridine rings is 1. The molecule has 3 heterocycles. The Bertz CT molecular complexity index is 1350. The zero-order chi connectivity index (χ0) is 26.4. The molecular formula is C20H14F7N7O2. The molecule has 0 saturated heterocycles. The average Bonchev–Trinajstić information content (AvgIpc) is 3.36. The van der Waals surface area contributed by atoms with Crippen molar-refractivity contribution in [2.75, 3.05) is 0 Å². The number of ether oxygens (including phenoxy) is 1. The van der Waals surface area contributed by atoms with Crippen molar-refractivity contribution in [2.45, 2.75) is 37.6 Å². The third-order valence-electron chi connectivity index (χ3n) is 5.12.